The molecule has 3 rings (SSSR count). The predicted octanol–water partition coefficient (Wildman–Crippen LogP) is 4.93. The highest BCUT2D eigenvalue weighted by molar-refractivity contribution is 7.92. The van der Waals surface area contributed by atoms with Gasteiger partial charge >= 0.3 is 0 Å². The van der Waals surface area contributed by atoms with Crippen molar-refractivity contribution in [1.82, 2.24) is 0 Å². The molecule has 0 aliphatic heterocycles. The third kappa shape index (κ3) is 3.71. The summed E-state index contributed by atoms with van der Waals surface area (Å²) in [6.45, 7) is 1.56. The third-order valence-electron chi connectivity index (χ3n) is 4.41. The van der Waals surface area contributed by atoms with Crippen molar-refractivity contribution in [3.05, 3.63) is 90.0 Å². The van der Waals surface area contributed by atoms with Crippen LogP contribution < -0.4 is 9.04 Å². The lowest BCUT2D eigenvalue weighted by molar-refractivity contribution is 0.415. The van der Waals surface area contributed by atoms with Crippen LogP contribution in [0.1, 0.15) is 18.5 Å². The molecule has 0 bridgehead atoms. The molecule has 0 heterocycles. The maximum atomic E-state index is 14.4. The Morgan fingerprint density at radius 1 is 0.857 bits per heavy atom. The minimum absolute atomic E-state index is 0.179. The molecular formula is C21H19F2NO3S. The summed E-state index contributed by atoms with van der Waals surface area (Å²) in [6, 6.07) is 16.4. The zero-order valence-electron chi connectivity index (χ0n) is 15.3. The van der Waals surface area contributed by atoms with Crippen molar-refractivity contribution >= 4 is 15.7 Å². The van der Waals surface area contributed by atoms with Crippen LogP contribution in [0.15, 0.2) is 77.7 Å². The molecule has 0 saturated carbocycles. The molecule has 1 unspecified atom stereocenters. The number of benzene rings is 3. The van der Waals surface area contributed by atoms with E-state index in [2.05, 4.69) is 0 Å². The molecule has 28 heavy (non-hydrogen) atoms. The number of methoxy groups -OCH3 is 1. The molecule has 0 aliphatic rings. The molecule has 7 heteroatoms. The normalized spacial score (nSPS) is 12.4. The highest BCUT2D eigenvalue weighted by Crippen LogP contribution is 2.35. The summed E-state index contributed by atoms with van der Waals surface area (Å²) in [5.74, 6) is -0.885. The number of nitrogens with zero attached hydrogens (tertiary/aromatic N) is 1. The van der Waals surface area contributed by atoms with Gasteiger partial charge in [0.1, 0.15) is 22.3 Å². The highest BCUT2D eigenvalue weighted by Gasteiger charge is 2.33. The second-order valence-corrected chi connectivity index (χ2v) is 7.91. The Morgan fingerprint density at radius 2 is 1.43 bits per heavy atom. The molecule has 1 atom stereocenters. The molecule has 0 aliphatic carbocycles. The van der Waals surface area contributed by atoms with E-state index in [0.717, 1.165) is 10.4 Å². The Hall–Kier alpha value is -2.93. The smallest absolute Gasteiger partial charge is 0.267 e. The maximum absolute atomic E-state index is 14.4. The lowest BCUT2D eigenvalue weighted by Crippen LogP contribution is -2.34. The van der Waals surface area contributed by atoms with E-state index in [-0.39, 0.29) is 11.3 Å². The second-order valence-electron chi connectivity index (χ2n) is 6.13. The Balaban J connectivity index is 2.19. The molecule has 0 aromatic heterocycles. The SMILES string of the molecule is COc1ccc(N(C(C)c2ccccc2F)S(=O)(=O)c2ccccc2F)cc1. The van der Waals surface area contributed by atoms with E-state index in [1.165, 1.54) is 55.6 Å². The first kappa shape index (κ1) is 19.8. The Labute approximate surface area is 163 Å². The highest BCUT2D eigenvalue weighted by atomic mass is 32.2. The van der Waals surface area contributed by atoms with Crippen LogP contribution in [0.25, 0.3) is 0 Å². The van der Waals surface area contributed by atoms with Gasteiger partial charge in [0.05, 0.1) is 18.8 Å². The fraction of sp³-hybridized carbons (Fsp3) is 0.143. The van der Waals surface area contributed by atoms with E-state index in [0.29, 0.717) is 5.75 Å². The quantitative estimate of drug-likeness (QED) is 0.586. The van der Waals surface area contributed by atoms with Gasteiger partial charge in [-0.25, -0.2) is 17.2 Å². The summed E-state index contributed by atoms with van der Waals surface area (Å²) in [5.41, 5.74) is 0.443. The maximum Gasteiger partial charge on any atom is 0.267 e. The molecule has 4 nitrogen and oxygen atoms in total. The van der Waals surface area contributed by atoms with Crippen LogP contribution in [0.5, 0.6) is 5.75 Å². The zero-order valence-corrected chi connectivity index (χ0v) is 16.2. The summed E-state index contributed by atoms with van der Waals surface area (Å²) in [7, 11) is -2.83. The molecule has 0 saturated heterocycles. The predicted molar refractivity (Wildman–Crippen MR) is 104 cm³/mol. The number of ether oxygens (including phenoxy) is 1. The van der Waals surface area contributed by atoms with Crippen molar-refractivity contribution < 1.29 is 21.9 Å². The number of sulfonamides is 1. The van der Waals surface area contributed by atoms with Gasteiger partial charge in [-0.3, -0.25) is 4.31 Å². The van der Waals surface area contributed by atoms with Gasteiger partial charge in [0, 0.05) is 5.56 Å². The lowest BCUT2D eigenvalue weighted by Gasteiger charge is -2.31. The molecular weight excluding hydrogens is 384 g/mol. The van der Waals surface area contributed by atoms with Crippen LogP contribution in [0.3, 0.4) is 0 Å². The van der Waals surface area contributed by atoms with Gasteiger partial charge in [-0.2, -0.15) is 0 Å². The van der Waals surface area contributed by atoms with Crippen LogP contribution in [-0.4, -0.2) is 15.5 Å². The van der Waals surface area contributed by atoms with Gasteiger partial charge in [-0.15, -0.1) is 0 Å². The van der Waals surface area contributed by atoms with Crippen molar-refractivity contribution in [2.24, 2.45) is 0 Å². The van der Waals surface area contributed by atoms with Crippen molar-refractivity contribution in [2.75, 3.05) is 11.4 Å². The van der Waals surface area contributed by atoms with Crippen LogP contribution in [0.2, 0.25) is 0 Å². The lowest BCUT2D eigenvalue weighted by atomic mass is 10.1. The molecule has 0 N–H and O–H groups in total. The minimum Gasteiger partial charge on any atom is -0.497 e. The number of rotatable bonds is 6. The Morgan fingerprint density at radius 3 is 2.00 bits per heavy atom. The summed E-state index contributed by atoms with van der Waals surface area (Å²) in [4.78, 5) is -0.478. The van der Waals surface area contributed by atoms with Crippen LogP contribution in [0.4, 0.5) is 14.5 Å². The van der Waals surface area contributed by atoms with E-state index in [9.17, 15) is 17.2 Å². The standard InChI is InChI=1S/C21H19F2NO3S/c1-15(18-7-3-4-8-19(18)22)24(16-11-13-17(27-2)14-12-16)28(25,26)21-10-6-5-9-20(21)23/h3-15H,1-2H3. The van der Waals surface area contributed by atoms with Crippen LogP contribution >= 0.6 is 0 Å². The summed E-state index contributed by atoms with van der Waals surface area (Å²) in [6.07, 6.45) is 0. The van der Waals surface area contributed by atoms with Gasteiger partial charge < -0.3 is 4.74 Å². The van der Waals surface area contributed by atoms with Crippen LogP contribution in [-0.2, 0) is 10.0 Å². The van der Waals surface area contributed by atoms with E-state index >= 15 is 0 Å². The number of anilines is 1. The largest absolute Gasteiger partial charge is 0.497 e. The zero-order chi connectivity index (χ0) is 20.3. The van der Waals surface area contributed by atoms with E-state index in [1.54, 1.807) is 25.1 Å². The fourth-order valence-corrected chi connectivity index (χ4v) is 4.71. The van der Waals surface area contributed by atoms with Crippen molar-refractivity contribution in [1.29, 1.82) is 0 Å². The van der Waals surface area contributed by atoms with Crippen molar-refractivity contribution in [3.8, 4) is 5.75 Å². The van der Waals surface area contributed by atoms with Crippen molar-refractivity contribution in [3.63, 3.8) is 0 Å². The number of hydrogen-bond donors (Lipinski definition) is 0. The van der Waals surface area contributed by atoms with Gasteiger partial charge in [-0.05, 0) is 49.4 Å². The molecule has 3 aromatic rings. The average molecular weight is 403 g/mol. The summed E-state index contributed by atoms with van der Waals surface area (Å²) >= 11 is 0. The van der Waals surface area contributed by atoms with E-state index < -0.39 is 32.6 Å². The molecule has 146 valence electrons. The molecule has 3 aromatic carbocycles. The first-order valence-electron chi connectivity index (χ1n) is 8.53. The van der Waals surface area contributed by atoms with E-state index in [4.69, 9.17) is 4.74 Å². The molecule has 0 radical (unpaired) electrons. The van der Waals surface area contributed by atoms with Gasteiger partial charge in [0.15, 0.2) is 0 Å². The third-order valence-corrected chi connectivity index (χ3v) is 6.34. The first-order chi connectivity index (χ1) is 13.4. The van der Waals surface area contributed by atoms with Crippen LogP contribution in [0, 0.1) is 11.6 Å². The fourth-order valence-electron chi connectivity index (χ4n) is 3.00. The Kier molecular flexibility index (Phi) is 5.65. The molecule has 0 amide bonds. The van der Waals surface area contributed by atoms with E-state index in [1.807, 2.05) is 0 Å². The number of hydrogen-bond acceptors (Lipinski definition) is 3. The molecule has 0 fully saturated rings. The Bertz CT molecular complexity index is 1070. The summed E-state index contributed by atoms with van der Waals surface area (Å²) < 4.78 is 61.6. The number of halogens is 2. The van der Waals surface area contributed by atoms with Gasteiger partial charge in [0.25, 0.3) is 10.0 Å². The first-order valence-corrected chi connectivity index (χ1v) is 9.97. The summed E-state index contributed by atoms with van der Waals surface area (Å²) in [5, 5.41) is 0. The monoisotopic (exact) mass is 403 g/mol. The van der Waals surface area contributed by atoms with Crippen molar-refractivity contribution in [2.45, 2.75) is 17.9 Å². The molecule has 0 spiro atoms. The second kappa shape index (κ2) is 7.98. The van der Waals surface area contributed by atoms with Gasteiger partial charge in [-0.1, -0.05) is 30.3 Å². The van der Waals surface area contributed by atoms with Gasteiger partial charge in [0.2, 0.25) is 0 Å². The average Bonchev–Trinajstić information content (AvgIpc) is 2.69. The topological polar surface area (TPSA) is 46.6 Å². The minimum atomic E-state index is -4.32.